The highest BCUT2D eigenvalue weighted by Gasteiger charge is 2.15. The Kier molecular flexibility index (Phi) is 2.68. The third-order valence-corrected chi connectivity index (χ3v) is 2.64. The van der Waals surface area contributed by atoms with Crippen LogP contribution in [0.2, 0.25) is 0 Å². The lowest BCUT2D eigenvalue weighted by Crippen LogP contribution is -2.09. The van der Waals surface area contributed by atoms with Crippen LogP contribution in [0.4, 0.5) is 5.69 Å². The first-order valence-corrected chi connectivity index (χ1v) is 5.55. The molecule has 1 N–H and O–H groups in total. The van der Waals surface area contributed by atoms with E-state index in [1.807, 2.05) is 12.1 Å². The molecule has 0 spiro atoms. The van der Waals surface area contributed by atoms with E-state index < -0.39 is 0 Å². The molecule has 2 aromatic heterocycles. The summed E-state index contributed by atoms with van der Waals surface area (Å²) in [6.45, 7) is 0. The summed E-state index contributed by atoms with van der Waals surface area (Å²) in [6.07, 6.45) is 2.74. The Bertz CT molecular complexity index is 715. The molecule has 6 nitrogen and oxygen atoms in total. The SMILES string of the molecule is COc1cccc2cc(C(=O)Nc3cnoc3)oc12. The van der Waals surface area contributed by atoms with Crippen molar-refractivity contribution in [1.29, 1.82) is 0 Å². The van der Waals surface area contributed by atoms with Crippen molar-refractivity contribution in [3.63, 3.8) is 0 Å². The molecule has 0 radical (unpaired) electrons. The van der Waals surface area contributed by atoms with Gasteiger partial charge in [0.25, 0.3) is 5.91 Å². The highest BCUT2D eigenvalue weighted by atomic mass is 16.5. The summed E-state index contributed by atoms with van der Waals surface area (Å²) in [4.78, 5) is 12.0. The number of fused-ring (bicyclic) bond motifs is 1. The average Bonchev–Trinajstić information content (AvgIpc) is 3.06. The molecule has 0 bridgehead atoms. The van der Waals surface area contributed by atoms with Crippen LogP contribution >= 0.6 is 0 Å². The Morgan fingerprint density at radius 3 is 3.05 bits per heavy atom. The van der Waals surface area contributed by atoms with E-state index in [2.05, 4.69) is 15.0 Å². The number of benzene rings is 1. The number of methoxy groups -OCH3 is 1. The van der Waals surface area contributed by atoms with Crippen molar-refractivity contribution >= 4 is 22.6 Å². The number of carbonyl (C=O) groups excluding carboxylic acids is 1. The van der Waals surface area contributed by atoms with Crippen LogP contribution in [-0.2, 0) is 0 Å². The van der Waals surface area contributed by atoms with E-state index >= 15 is 0 Å². The van der Waals surface area contributed by atoms with Crippen LogP contribution in [0.3, 0.4) is 0 Å². The molecule has 0 unspecified atom stereocenters. The number of ether oxygens (including phenoxy) is 1. The van der Waals surface area contributed by atoms with E-state index in [4.69, 9.17) is 9.15 Å². The molecule has 1 aromatic carbocycles. The second kappa shape index (κ2) is 4.49. The fourth-order valence-electron chi connectivity index (χ4n) is 1.77. The lowest BCUT2D eigenvalue weighted by Gasteiger charge is -1.99. The molecule has 96 valence electrons. The second-order valence-corrected chi connectivity index (χ2v) is 3.86. The van der Waals surface area contributed by atoms with Crippen LogP contribution in [0.15, 0.2) is 45.7 Å². The topological polar surface area (TPSA) is 77.5 Å². The number of rotatable bonds is 3. The number of para-hydroxylation sites is 1. The zero-order valence-electron chi connectivity index (χ0n) is 10.0. The van der Waals surface area contributed by atoms with Crippen molar-refractivity contribution in [3.05, 3.63) is 42.5 Å². The molecule has 3 aromatic rings. The lowest BCUT2D eigenvalue weighted by atomic mass is 10.2. The summed E-state index contributed by atoms with van der Waals surface area (Å²) in [5.41, 5.74) is 1.01. The number of nitrogens with one attached hydrogen (secondary N) is 1. The van der Waals surface area contributed by atoms with Crippen molar-refractivity contribution < 1.29 is 18.5 Å². The first-order valence-electron chi connectivity index (χ1n) is 5.55. The summed E-state index contributed by atoms with van der Waals surface area (Å²) < 4.78 is 15.3. The number of carbonyl (C=O) groups is 1. The van der Waals surface area contributed by atoms with Crippen molar-refractivity contribution in [3.8, 4) is 5.75 Å². The molecule has 0 aliphatic rings. The first kappa shape index (κ1) is 11.3. The molecule has 19 heavy (non-hydrogen) atoms. The minimum Gasteiger partial charge on any atom is -0.493 e. The highest BCUT2D eigenvalue weighted by Crippen LogP contribution is 2.28. The second-order valence-electron chi connectivity index (χ2n) is 3.86. The van der Waals surface area contributed by atoms with Gasteiger partial charge in [0.05, 0.1) is 13.3 Å². The molecule has 1 amide bonds. The molecular weight excluding hydrogens is 248 g/mol. The van der Waals surface area contributed by atoms with Gasteiger partial charge in [0.2, 0.25) is 0 Å². The number of hydrogen-bond acceptors (Lipinski definition) is 5. The predicted molar refractivity (Wildman–Crippen MR) is 67.2 cm³/mol. The third-order valence-electron chi connectivity index (χ3n) is 2.64. The summed E-state index contributed by atoms with van der Waals surface area (Å²) in [7, 11) is 1.55. The number of hydrogen-bond donors (Lipinski definition) is 1. The van der Waals surface area contributed by atoms with Crippen LogP contribution < -0.4 is 10.1 Å². The van der Waals surface area contributed by atoms with Gasteiger partial charge in [-0.05, 0) is 12.1 Å². The highest BCUT2D eigenvalue weighted by molar-refractivity contribution is 6.04. The number of amides is 1. The molecule has 0 saturated carbocycles. The first-order chi connectivity index (χ1) is 9.28. The molecule has 6 heteroatoms. The number of anilines is 1. The van der Waals surface area contributed by atoms with Gasteiger partial charge in [-0.15, -0.1) is 0 Å². The Balaban J connectivity index is 1.95. The zero-order valence-corrected chi connectivity index (χ0v) is 10.0. The van der Waals surface area contributed by atoms with Gasteiger partial charge in [0, 0.05) is 5.39 Å². The van der Waals surface area contributed by atoms with Gasteiger partial charge in [0.15, 0.2) is 17.1 Å². The minimum atomic E-state index is -0.374. The zero-order chi connectivity index (χ0) is 13.2. The number of furan rings is 1. The Labute approximate surface area is 107 Å². The molecule has 2 heterocycles. The Morgan fingerprint density at radius 2 is 2.32 bits per heavy atom. The van der Waals surface area contributed by atoms with E-state index in [-0.39, 0.29) is 11.7 Å². The van der Waals surface area contributed by atoms with Gasteiger partial charge < -0.3 is 19.0 Å². The van der Waals surface area contributed by atoms with E-state index in [1.165, 1.54) is 12.5 Å². The molecule has 0 fully saturated rings. The monoisotopic (exact) mass is 258 g/mol. The van der Waals surface area contributed by atoms with Crippen molar-refractivity contribution in [2.75, 3.05) is 12.4 Å². The fraction of sp³-hybridized carbons (Fsp3) is 0.0769. The molecule has 0 atom stereocenters. The molecule has 0 saturated heterocycles. The maximum Gasteiger partial charge on any atom is 0.291 e. The van der Waals surface area contributed by atoms with E-state index in [0.29, 0.717) is 17.0 Å². The standard InChI is InChI=1S/C13H10N2O4/c1-17-10-4-2-3-8-5-11(19-12(8)10)13(16)15-9-6-14-18-7-9/h2-7H,1H3,(H,15,16). The van der Waals surface area contributed by atoms with Gasteiger partial charge in [-0.25, -0.2) is 0 Å². The summed E-state index contributed by atoms with van der Waals surface area (Å²) in [6, 6.07) is 7.10. The number of nitrogens with zero attached hydrogens (tertiary/aromatic N) is 1. The van der Waals surface area contributed by atoms with Crippen LogP contribution in [0, 0.1) is 0 Å². The molecule has 0 aliphatic heterocycles. The predicted octanol–water partition coefficient (Wildman–Crippen LogP) is 2.68. The summed E-state index contributed by atoms with van der Waals surface area (Å²) in [5, 5.41) is 6.91. The fourth-order valence-corrected chi connectivity index (χ4v) is 1.77. The minimum absolute atomic E-state index is 0.195. The smallest absolute Gasteiger partial charge is 0.291 e. The largest absolute Gasteiger partial charge is 0.493 e. The van der Waals surface area contributed by atoms with Gasteiger partial charge in [-0.3, -0.25) is 4.79 Å². The Morgan fingerprint density at radius 1 is 1.42 bits per heavy atom. The van der Waals surface area contributed by atoms with Crippen LogP contribution in [0.1, 0.15) is 10.6 Å². The van der Waals surface area contributed by atoms with Crippen molar-refractivity contribution in [2.45, 2.75) is 0 Å². The van der Waals surface area contributed by atoms with Crippen LogP contribution in [0.5, 0.6) is 5.75 Å². The average molecular weight is 258 g/mol. The van der Waals surface area contributed by atoms with E-state index in [0.717, 1.165) is 5.39 Å². The maximum atomic E-state index is 12.0. The summed E-state index contributed by atoms with van der Waals surface area (Å²) in [5.74, 6) is 0.406. The molecule has 0 aliphatic carbocycles. The Hall–Kier alpha value is -2.76. The third kappa shape index (κ3) is 2.03. The van der Waals surface area contributed by atoms with E-state index in [9.17, 15) is 4.79 Å². The van der Waals surface area contributed by atoms with E-state index in [1.54, 1.807) is 19.2 Å². The quantitative estimate of drug-likeness (QED) is 0.781. The van der Waals surface area contributed by atoms with Crippen molar-refractivity contribution in [2.24, 2.45) is 0 Å². The molecular formula is C13H10N2O4. The van der Waals surface area contributed by atoms with Gasteiger partial charge >= 0.3 is 0 Å². The van der Waals surface area contributed by atoms with Crippen LogP contribution in [0.25, 0.3) is 11.0 Å². The molecule has 3 rings (SSSR count). The van der Waals surface area contributed by atoms with Crippen molar-refractivity contribution in [1.82, 2.24) is 5.16 Å². The van der Waals surface area contributed by atoms with Crippen LogP contribution in [-0.4, -0.2) is 18.2 Å². The van der Waals surface area contributed by atoms with Gasteiger partial charge in [-0.2, -0.15) is 0 Å². The summed E-state index contributed by atoms with van der Waals surface area (Å²) >= 11 is 0. The van der Waals surface area contributed by atoms with Gasteiger partial charge in [-0.1, -0.05) is 17.3 Å². The maximum absolute atomic E-state index is 12.0. The normalized spacial score (nSPS) is 10.6. The van der Waals surface area contributed by atoms with Gasteiger partial charge in [0.1, 0.15) is 12.0 Å². The number of aromatic nitrogens is 1. The lowest BCUT2D eigenvalue weighted by molar-refractivity contribution is 0.0998.